The molecule has 4 aliphatic rings. The van der Waals surface area contributed by atoms with E-state index in [2.05, 4.69) is 30.9 Å². The third-order valence-corrected chi connectivity index (χ3v) is 10.8. The minimum atomic E-state index is -1.26. The fourth-order valence-electron chi connectivity index (χ4n) is 7.57. The number of carboxylic acid groups (broad SMARTS) is 2. The number of nitrogens with one attached hydrogen (secondary N) is 1. The molecule has 7 atom stereocenters. The SMILES string of the molecule is CNCCCS[C@@H]1CC[C@@]2(C)C(C1)C(=O)C[C@@H]1[C@@H]2CC[C@]2(C)C(=O)CC[C@@H]12.O=C(O)/C=C/C(=O)O. The molecule has 0 aliphatic heterocycles. The highest BCUT2D eigenvalue weighted by Gasteiger charge is 2.62. The minimum absolute atomic E-state index is 0.120. The van der Waals surface area contributed by atoms with E-state index in [1.807, 2.05) is 7.05 Å². The highest BCUT2D eigenvalue weighted by molar-refractivity contribution is 7.99. The number of aliphatic carboxylic acids is 2. The lowest BCUT2D eigenvalue weighted by atomic mass is 9.45. The molecule has 0 aromatic carbocycles. The van der Waals surface area contributed by atoms with E-state index in [0.717, 1.165) is 38.6 Å². The summed E-state index contributed by atoms with van der Waals surface area (Å²) in [7, 11) is 2.01. The fourth-order valence-corrected chi connectivity index (χ4v) is 8.83. The summed E-state index contributed by atoms with van der Waals surface area (Å²) in [6, 6.07) is 0. The average Bonchev–Trinajstić information content (AvgIpc) is 3.11. The van der Waals surface area contributed by atoms with E-state index < -0.39 is 11.9 Å². The molecular weight excluding hydrogens is 466 g/mol. The summed E-state index contributed by atoms with van der Waals surface area (Å²) in [4.78, 5) is 44.9. The highest BCUT2D eigenvalue weighted by Crippen LogP contribution is 2.65. The van der Waals surface area contributed by atoms with Gasteiger partial charge < -0.3 is 15.5 Å². The molecule has 0 aromatic rings. The first kappa shape index (κ1) is 27.9. The van der Waals surface area contributed by atoms with E-state index in [1.165, 1.54) is 31.4 Å². The van der Waals surface area contributed by atoms with Crippen LogP contribution in [0.4, 0.5) is 0 Å². The number of Topliss-reactive ketones (excluding diaryl/α,β-unsaturated/α-hetero) is 2. The van der Waals surface area contributed by atoms with Crippen molar-refractivity contribution < 1.29 is 29.4 Å². The number of hydrogen-bond acceptors (Lipinski definition) is 6. The van der Waals surface area contributed by atoms with Gasteiger partial charge in [-0.1, -0.05) is 13.8 Å². The molecule has 4 aliphatic carbocycles. The van der Waals surface area contributed by atoms with Crippen LogP contribution in [-0.2, 0) is 19.2 Å². The molecule has 0 amide bonds. The van der Waals surface area contributed by atoms with Crippen molar-refractivity contribution in [2.45, 2.75) is 76.9 Å². The third-order valence-electron chi connectivity index (χ3n) is 9.41. The number of thioether (sulfide) groups is 1. The smallest absolute Gasteiger partial charge is 0.328 e. The van der Waals surface area contributed by atoms with E-state index in [-0.39, 0.29) is 16.7 Å². The predicted molar refractivity (Wildman–Crippen MR) is 136 cm³/mol. The third kappa shape index (κ3) is 6.01. The Kier molecular flexibility index (Phi) is 9.24. The summed E-state index contributed by atoms with van der Waals surface area (Å²) < 4.78 is 0. The van der Waals surface area contributed by atoms with Crippen LogP contribution in [0.15, 0.2) is 12.2 Å². The maximum absolute atomic E-state index is 13.3. The van der Waals surface area contributed by atoms with E-state index >= 15 is 0 Å². The molecule has 4 fully saturated rings. The molecule has 4 saturated carbocycles. The van der Waals surface area contributed by atoms with Gasteiger partial charge in [0, 0.05) is 41.6 Å². The molecule has 4 rings (SSSR count). The Labute approximate surface area is 212 Å². The Bertz CT molecular complexity index is 843. The van der Waals surface area contributed by atoms with Crippen LogP contribution in [0.2, 0.25) is 0 Å². The standard InChI is InChI=1S/C23H37NO2S.C4H4O4/c1-22-9-7-15(27-12-4-11-24-3)13-19(22)20(25)14-16-17-5-6-21(26)23(17,2)10-8-18(16)22;5-3(6)1-2-4(7)8/h15-19,24H,4-14H2,1-3H3;1-2H,(H,5,6)(H,7,8)/b;2-1+/t15-,16+,17+,18+,19?,22-,23+;/m1./s1. The molecule has 0 radical (unpaired) electrons. The van der Waals surface area contributed by atoms with Gasteiger partial charge in [0.2, 0.25) is 0 Å². The zero-order valence-electron chi connectivity index (χ0n) is 21.3. The second kappa shape index (κ2) is 11.6. The summed E-state index contributed by atoms with van der Waals surface area (Å²) in [6.07, 6.45) is 10.7. The van der Waals surface area contributed by atoms with Gasteiger partial charge in [-0.3, -0.25) is 9.59 Å². The molecule has 7 nitrogen and oxygen atoms in total. The van der Waals surface area contributed by atoms with Crippen LogP contribution in [0.25, 0.3) is 0 Å². The number of rotatable bonds is 7. The molecular formula is C27H41NO6S. The molecule has 0 aromatic heterocycles. The van der Waals surface area contributed by atoms with Gasteiger partial charge in [0.15, 0.2) is 0 Å². The number of ketones is 2. The summed E-state index contributed by atoms with van der Waals surface area (Å²) in [5, 5.41) is 19.5. The first-order valence-electron chi connectivity index (χ1n) is 13.0. The fraction of sp³-hybridized carbons (Fsp3) is 0.778. The quantitative estimate of drug-likeness (QED) is 0.346. The van der Waals surface area contributed by atoms with Crippen molar-refractivity contribution in [1.82, 2.24) is 5.32 Å². The number of hydrogen-bond donors (Lipinski definition) is 3. The van der Waals surface area contributed by atoms with E-state index in [9.17, 15) is 19.2 Å². The molecule has 196 valence electrons. The van der Waals surface area contributed by atoms with Crippen molar-refractivity contribution >= 4 is 35.3 Å². The molecule has 8 heteroatoms. The molecule has 1 unspecified atom stereocenters. The van der Waals surface area contributed by atoms with Crippen molar-refractivity contribution in [3.05, 3.63) is 12.2 Å². The van der Waals surface area contributed by atoms with Crippen molar-refractivity contribution in [1.29, 1.82) is 0 Å². The van der Waals surface area contributed by atoms with E-state index in [1.54, 1.807) is 0 Å². The van der Waals surface area contributed by atoms with Crippen molar-refractivity contribution in [2.24, 2.45) is 34.5 Å². The zero-order valence-corrected chi connectivity index (χ0v) is 22.1. The summed E-state index contributed by atoms with van der Waals surface area (Å²) in [5.74, 6) is 1.59. The van der Waals surface area contributed by atoms with Gasteiger partial charge in [0.1, 0.15) is 11.6 Å². The highest BCUT2D eigenvalue weighted by atomic mass is 32.2. The van der Waals surface area contributed by atoms with Gasteiger partial charge >= 0.3 is 11.9 Å². The first-order valence-corrected chi connectivity index (χ1v) is 14.0. The molecule has 35 heavy (non-hydrogen) atoms. The Morgan fingerprint density at radius 1 is 1.06 bits per heavy atom. The monoisotopic (exact) mass is 507 g/mol. The van der Waals surface area contributed by atoms with Gasteiger partial charge in [0.05, 0.1) is 0 Å². The lowest BCUT2D eigenvalue weighted by Gasteiger charge is -2.59. The van der Waals surface area contributed by atoms with Crippen LogP contribution >= 0.6 is 11.8 Å². The maximum atomic E-state index is 13.3. The van der Waals surface area contributed by atoms with Crippen LogP contribution < -0.4 is 5.32 Å². The summed E-state index contributed by atoms with van der Waals surface area (Å²) in [6.45, 7) is 5.73. The Balaban J connectivity index is 0.000000371. The van der Waals surface area contributed by atoms with E-state index in [0.29, 0.717) is 46.7 Å². The van der Waals surface area contributed by atoms with Gasteiger partial charge in [-0.2, -0.15) is 11.8 Å². The predicted octanol–water partition coefficient (Wildman–Crippen LogP) is 4.20. The second-order valence-electron chi connectivity index (χ2n) is 11.3. The molecule has 0 heterocycles. The zero-order chi connectivity index (χ0) is 25.8. The van der Waals surface area contributed by atoms with Crippen LogP contribution in [-0.4, -0.2) is 58.3 Å². The van der Waals surface area contributed by atoms with Crippen LogP contribution in [0.5, 0.6) is 0 Å². The number of carbonyl (C=O) groups is 4. The minimum Gasteiger partial charge on any atom is -0.478 e. The topological polar surface area (TPSA) is 121 Å². The Morgan fingerprint density at radius 2 is 1.74 bits per heavy atom. The average molecular weight is 508 g/mol. The van der Waals surface area contributed by atoms with E-state index in [4.69, 9.17) is 10.2 Å². The summed E-state index contributed by atoms with van der Waals surface area (Å²) >= 11 is 2.10. The lowest BCUT2D eigenvalue weighted by Crippen LogP contribution is -2.56. The van der Waals surface area contributed by atoms with Gasteiger partial charge in [-0.25, -0.2) is 9.59 Å². The van der Waals surface area contributed by atoms with Crippen molar-refractivity contribution in [2.75, 3.05) is 19.3 Å². The molecule has 0 bridgehead atoms. The van der Waals surface area contributed by atoms with Crippen molar-refractivity contribution in [3.63, 3.8) is 0 Å². The van der Waals surface area contributed by atoms with Crippen LogP contribution in [0, 0.1) is 34.5 Å². The number of carboxylic acids is 2. The van der Waals surface area contributed by atoms with Crippen molar-refractivity contribution in [3.8, 4) is 0 Å². The summed E-state index contributed by atoms with van der Waals surface area (Å²) in [5.41, 5.74) is 0.0695. The van der Waals surface area contributed by atoms with Gasteiger partial charge in [-0.05, 0) is 87.5 Å². The molecule has 0 spiro atoms. The number of fused-ring (bicyclic) bond motifs is 5. The second-order valence-corrected chi connectivity index (χ2v) is 12.7. The number of carbonyl (C=O) groups excluding carboxylic acids is 2. The van der Waals surface area contributed by atoms with Gasteiger partial charge in [-0.15, -0.1) is 0 Å². The first-order chi connectivity index (χ1) is 16.5. The normalized spacial score (nSPS) is 38.2. The largest absolute Gasteiger partial charge is 0.478 e. The molecule has 3 N–H and O–H groups in total. The van der Waals surface area contributed by atoms with Gasteiger partial charge in [0.25, 0.3) is 0 Å². The maximum Gasteiger partial charge on any atom is 0.328 e. The van der Waals surface area contributed by atoms with Crippen LogP contribution in [0.3, 0.4) is 0 Å². The Hall–Kier alpha value is -1.67. The Morgan fingerprint density at radius 3 is 2.37 bits per heavy atom. The molecule has 0 saturated heterocycles. The van der Waals surface area contributed by atoms with Crippen LogP contribution in [0.1, 0.15) is 71.6 Å². The lowest BCUT2D eigenvalue weighted by molar-refractivity contribution is -0.155.